The number of benzene rings is 10. The van der Waals surface area contributed by atoms with Crippen molar-refractivity contribution in [1.29, 1.82) is 0 Å². The Labute approximate surface area is 503 Å². The van der Waals surface area contributed by atoms with Crippen LogP contribution in [0.15, 0.2) is 289 Å². The summed E-state index contributed by atoms with van der Waals surface area (Å²) in [6, 6.07) is 79.8. The first-order valence-corrected chi connectivity index (χ1v) is 30.4. The second-order valence-electron chi connectivity index (χ2n) is 25.8. The first-order valence-electron chi connectivity index (χ1n) is 30.4. The molecule has 2 aromatic heterocycles. The van der Waals surface area contributed by atoms with Gasteiger partial charge in [-0.15, -0.1) is 0 Å². The van der Waals surface area contributed by atoms with Crippen LogP contribution < -0.4 is 9.80 Å². The van der Waals surface area contributed by atoms with E-state index in [-0.39, 0.29) is 16.7 Å². The molecule has 10 aromatic carbocycles. The van der Waals surface area contributed by atoms with Crippen LogP contribution in [0.5, 0.6) is 0 Å². The van der Waals surface area contributed by atoms with Crippen molar-refractivity contribution in [2.45, 2.75) is 58.8 Å². The van der Waals surface area contributed by atoms with Crippen molar-refractivity contribution in [3.05, 3.63) is 312 Å². The topological polar surface area (TPSA) is 16.3 Å². The van der Waals surface area contributed by atoms with Gasteiger partial charge in [0, 0.05) is 73.0 Å². The molecule has 0 aliphatic heterocycles. The minimum atomic E-state index is -0.00743. The van der Waals surface area contributed by atoms with Gasteiger partial charge in [0.25, 0.3) is 0 Å². The van der Waals surface area contributed by atoms with Crippen LogP contribution in [-0.2, 0) is 17.3 Å². The smallest absolute Gasteiger partial charge is 0.0542 e. The predicted molar refractivity (Wildman–Crippen MR) is 366 cm³/mol. The number of rotatable bonds is 9. The van der Waals surface area contributed by atoms with Gasteiger partial charge < -0.3 is 18.9 Å². The molecule has 0 saturated carbocycles. The highest BCUT2D eigenvalue weighted by atomic mass is 15.2. The summed E-state index contributed by atoms with van der Waals surface area (Å²) in [5.74, 6) is 0.240. The lowest BCUT2D eigenvalue weighted by Gasteiger charge is -2.34. The zero-order valence-electron chi connectivity index (χ0n) is 49.6. The molecule has 0 amide bonds. The molecule has 0 N–H and O–H groups in total. The Bertz CT molecular complexity index is 5000. The van der Waals surface area contributed by atoms with Crippen molar-refractivity contribution < 1.29 is 0 Å². The van der Waals surface area contributed by atoms with Gasteiger partial charge in [-0.3, -0.25) is 0 Å². The van der Waals surface area contributed by atoms with Gasteiger partial charge in [-0.1, -0.05) is 181 Å². The van der Waals surface area contributed by atoms with E-state index < -0.39 is 0 Å². The molecule has 0 fully saturated rings. The molecule has 12 aromatic rings. The molecule has 4 nitrogen and oxygen atoms in total. The number of anilines is 5. The number of hydrogen-bond donors (Lipinski definition) is 0. The monoisotopic (exact) mass is 1110 g/mol. The summed E-state index contributed by atoms with van der Waals surface area (Å²) in [7, 11) is 0. The van der Waals surface area contributed by atoms with E-state index in [4.69, 9.17) is 0 Å². The van der Waals surface area contributed by atoms with Crippen LogP contribution in [0.4, 0.5) is 28.4 Å². The van der Waals surface area contributed by atoms with E-state index in [0.717, 1.165) is 63.1 Å². The molecule has 2 heterocycles. The Hall–Kier alpha value is -10.2. The van der Waals surface area contributed by atoms with E-state index in [2.05, 4.69) is 334 Å². The zero-order chi connectivity index (χ0) is 58.0. The predicted octanol–water partition coefficient (Wildman–Crippen LogP) is 21.9. The second-order valence-corrected chi connectivity index (χ2v) is 25.8. The van der Waals surface area contributed by atoms with E-state index in [1.807, 2.05) is 0 Å². The van der Waals surface area contributed by atoms with Crippen LogP contribution in [0.1, 0.15) is 63.8 Å². The van der Waals surface area contributed by atoms with Crippen molar-refractivity contribution in [1.82, 2.24) is 9.13 Å². The molecule has 1 unspecified atom stereocenters. The molecule has 0 spiro atoms. The molecular weight excluding hydrogens is 1040 g/mol. The van der Waals surface area contributed by atoms with E-state index in [1.165, 1.54) is 93.4 Å². The third kappa shape index (κ3) is 8.57. The van der Waals surface area contributed by atoms with Gasteiger partial charge in [-0.2, -0.15) is 0 Å². The van der Waals surface area contributed by atoms with E-state index >= 15 is 0 Å². The highest BCUT2D eigenvalue weighted by molar-refractivity contribution is 6.12. The van der Waals surface area contributed by atoms with Crippen LogP contribution >= 0.6 is 0 Å². The molecule has 0 saturated heterocycles. The van der Waals surface area contributed by atoms with Crippen LogP contribution in [0, 0.1) is 5.92 Å². The standard InChI is InChI=1S/C82H66N4/c1-81(2,3)61-33-41-75-71(49-61)73-51-67(39-43-77(73)85(75)63-25-9-7-10-26-63)83(69-45-57-21-13-17-55-18-14-22-58(46-69)79(55)57)65-35-29-53(30-36-65)54-31-37-66(38-32-54)84(70-47-59-23-15-19-56-20-16-24-60(48-70)80(56)59)68-40-44-78-74(52-68)72-50-62(82(4,5)6)34-42-76(72)86(78)64-27-11-8-12-28-64/h7-19,21-52,79H,20H2,1-6H3. The Morgan fingerprint density at radius 2 is 0.895 bits per heavy atom. The molecule has 0 bridgehead atoms. The fourth-order valence-electron chi connectivity index (χ4n) is 14.0. The molecular formula is C82H66N4. The maximum absolute atomic E-state index is 2.46. The lowest BCUT2D eigenvalue weighted by Crippen LogP contribution is -2.22. The number of fused-ring (bicyclic) bond motifs is 6. The number of hydrogen-bond acceptors (Lipinski definition) is 2. The van der Waals surface area contributed by atoms with E-state index in [1.54, 1.807) is 0 Å². The number of allylic oxidation sites excluding steroid dienone is 12. The first kappa shape index (κ1) is 51.5. The van der Waals surface area contributed by atoms with Gasteiger partial charge in [-0.25, -0.2) is 0 Å². The second kappa shape index (κ2) is 19.7. The molecule has 4 heteroatoms. The lowest BCUT2D eigenvalue weighted by atomic mass is 9.75. The summed E-state index contributed by atoms with van der Waals surface area (Å²) < 4.78 is 4.85. The molecule has 4 aliphatic rings. The Balaban J connectivity index is 0.820. The van der Waals surface area contributed by atoms with Crippen molar-refractivity contribution in [2.75, 3.05) is 9.80 Å². The largest absolute Gasteiger partial charge is 0.310 e. The fourth-order valence-corrected chi connectivity index (χ4v) is 14.0. The first-order chi connectivity index (χ1) is 41.9. The highest BCUT2D eigenvalue weighted by Gasteiger charge is 2.30. The van der Waals surface area contributed by atoms with E-state index in [0.29, 0.717) is 0 Å². The zero-order valence-corrected chi connectivity index (χ0v) is 49.6. The maximum atomic E-state index is 2.46. The summed E-state index contributed by atoms with van der Waals surface area (Å²) in [6.45, 7) is 13.8. The summed E-state index contributed by atoms with van der Waals surface area (Å²) in [6.07, 6.45) is 23.9. The Morgan fingerprint density at radius 3 is 1.47 bits per heavy atom. The average molecular weight is 1110 g/mol. The fraction of sp³-hybridized carbons (Fsp3) is 0.122. The van der Waals surface area contributed by atoms with Crippen molar-refractivity contribution in [2.24, 2.45) is 5.92 Å². The molecule has 0 radical (unpaired) electrons. The minimum absolute atomic E-state index is 0.00738. The third-order valence-corrected chi connectivity index (χ3v) is 18.4. The highest BCUT2D eigenvalue weighted by Crippen LogP contribution is 2.47. The molecule has 4 aliphatic carbocycles. The van der Waals surface area contributed by atoms with Crippen LogP contribution in [0.2, 0.25) is 0 Å². The van der Waals surface area contributed by atoms with Gasteiger partial charge in [0.2, 0.25) is 0 Å². The quantitative estimate of drug-likeness (QED) is 0.143. The Kier molecular flexibility index (Phi) is 11.8. The van der Waals surface area contributed by atoms with Gasteiger partial charge >= 0.3 is 0 Å². The molecule has 16 rings (SSSR count). The molecule has 414 valence electrons. The average Bonchev–Trinajstić information content (AvgIpc) is 1.62. The van der Waals surface area contributed by atoms with E-state index in [9.17, 15) is 0 Å². The summed E-state index contributed by atoms with van der Waals surface area (Å²) in [4.78, 5) is 4.92. The van der Waals surface area contributed by atoms with Crippen LogP contribution in [-0.4, -0.2) is 9.13 Å². The normalized spacial score (nSPS) is 15.3. The lowest BCUT2D eigenvalue weighted by molar-refractivity contribution is 0.591. The van der Waals surface area contributed by atoms with Crippen molar-refractivity contribution in [3.63, 3.8) is 0 Å². The summed E-state index contributed by atoms with van der Waals surface area (Å²) in [5, 5.41) is 7.56. The minimum Gasteiger partial charge on any atom is -0.310 e. The number of aromatic nitrogens is 2. The number of nitrogens with zero attached hydrogens (tertiary/aromatic N) is 4. The van der Waals surface area contributed by atoms with Gasteiger partial charge in [0.15, 0.2) is 0 Å². The molecule has 1 atom stereocenters. The van der Waals surface area contributed by atoms with Crippen molar-refractivity contribution in [3.8, 4) is 22.5 Å². The Morgan fingerprint density at radius 1 is 0.395 bits per heavy atom. The third-order valence-electron chi connectivity index (χ3n) is 18.4. The van der Waals surface area contributed by atoms with Crippen molar-refractivity contribution >= 4 is 88.9 Å². The van der Waals surface area contributed by atoms with Gasteiger partial charge in [0.05, 0.1) is 22.1 Å². The SMILES string of the molecule is CC(C)(C)c1ccc2c(c1)c1cc(N(C3=CC4=CC=CC5=CC=CC(=C3)C54)c3ccc(-c4ccc(N(c5cc6c7c(cccc7c5)CC=C6)c5ccc6c(c5)c5cc(C(C)(C)C)ccc5n6-c5ccccc5)cc4)cc3)ccc1n2-c1ccccc1. The molecule has 86 heavy (non-hydrogen) atoms. The maximum Gasteiger partial charge on any atom is 0.0542 e. The van der Waals surface area contributed by atoms with Gasteiger partial charge in [-0.05, 0) is 212 Å². The summed E-state index contributed by atoms with van der Waals surface area (Å²) >= 11 is 0. The van der Waals surface area contributed by atoms with Crippen LogP contribution in [0.25, 0.3) is 83.0 Å². The summed E-state index contributed by atoms with van der Waals surface area (Å²) in [5.41, 5.74) is 25.3. The van der Waals surface area contributed by atoms with Gasteiger partial charge in [0.1, 0.15) is 0 Å². The van der Waals surface area contributed by atoms with Crippen LogP contribution in [0.3, 0.4) is 0 Å². The number of para-hydroxylation sites is 2.